The van der Waals surface area contributed by atoms with Gasteiger partial charge in [0.2, 0.25) is 0 Å². The Kier molecular flexibility index (Phi) is 8.90. The van der Waals surface area contributed by atoms with Crippen molar-refractivity contribution in [1.82, 2.24) is 19.6 Å². The molecule has 1 aromatic carbocycles. The van der Waals surface area contributed by atoms with E-state index in [1.54, 1.807) is 47.4 Å². The number of aromatic nitrogens is 2. The molecule has 1 fully saturated rings. The summed E-state index contributed by atoms with van der Waals surface area (Å²) in [7, 11) is 3.81. The van der Waals surface area contributed by atoms with Crippen molar-refractivity contribution in [3.05, 3.63) is 83.0 Å². The van der Waals surface area contributed by atoms with Crippen molar-refractivity contribution in [2.75, 3.05) is 43.6 Å². The van der Waals surface area contributed by atoms with Crippen molar-refractivity contribution in [2.45, 2.75) is 26.3 Å². The fraction of sp³-hybridized carbons (Fsp3) is 0.357. The Labute approximate surface area is 237 Å². The molecule has 1 atom stereocenters. The van der Waals surface area contributed by atoms with Crippen LogP contribution < -0.4 is 21.9 Å². The number of allylic oxidation sites excluding steroid dienone is 1. The lowest BCUT2D eigenvalue weighted by molar-refractivity contribution is -0.330. The smallest absolute Gasteiger partial charge is 0.397 e. The van der Waals surface area contributed by atoms with Gasteiger partial charge in [-0.25, -0.2) is 5.84 Å². The zero-order valence-corrected chi connectivity index (χ0v) is 23.4. The van der Waals surface area contributed by atoms with E-state index >= 15 is 0 Å². The third-order valence-corrected chi connectivity index (χ3v) is 7.07. The number of carbonyl (C=O) groups is 1. The molecule has 220 valence electrons. The summed E-state index contributed by atoms with van der Waals surface area (Å²) in [6, 6.07) is 5.12. The number of amides is 1. The van der Waals surface area contributed by atoms with Gasteiger partial charge in [0.05, 0.1) is 17.6 Å². The molecule has 5 N–H and O–H groups in total. The molecule has 1 unspecified atom stereocenters. The van der Waals surface area contributed by atoms with E-state index in [0.29, 0.717) is 35.9 Å². The number of nitrogens with zero attached hydrogens (tertiary/aromatic N) is 5. The number of ether oxygens (including phenoxy) is 1. The normalized spacial score (nSPS) is 18.6. The van der Waals surface area contributed by atoms with Gasteiger partial charge in [-0.1, -0.05) is 6.07 Å². The first-order valence-corrected chi connectivity index (χ1v) is 13.0. The fourth-order valence-electron chi connectivity index (χ4n) is 4.55. The second kappa shape index (κ2) is 12.2. The zero-order chi connectivity index (χ0) is 29.9. The molecule has 0 spiro atoms. The number of aryl methyl sites for hydroxylation is 2. The molecule has 0 radical (unpaired) electrons. The second-order valence-corrected chi connectivity index (χ2v) is 10.1. The molecule has 2 aliphatic rings. The number of nitrogens with one attached hydrogen (secondary N) is 1. The van der Waals surface area contributed by atoms with Crippen LogP contribution in [-0.2, 0) is 16.6 Å². The van der Waals surface area contributed by atoms with E-state index in [1.807, 2.05) is 32.8 Å². The van der Waals surface area contributed by atoms with Gasteiger partial charge in [0.15, 0.2) is 0 Å². The summed E-state index contributed by atoms with van der Waals surface area (Å²) in [5.74, 6) is 5.73. The maximum absolute atomic E-state index is 13.4. The highest BCUT2D eigenvalue weighted by atomic mass is 19.4. The number of nitrogens with two attached hydrogens (primary N) is 2. The SMILES string of the molecule is Cc1ccc(NC(=O)C2=CC(OC(F)(F)F)C=CC(N3CCN(C)CC3)=C2)cc1N(N)/C=C(\N)c1cnn(C)c1C. The van der Waals surface area contributed by atoms with Crippen molar-refractivity contribution in [3.63, 3.8) is 0 Å². The topological polar surface area (TPSA) is 118 Å². The molecule has 2 aromatic rings. The van der Waals surface area contributed by atoms with Crippen LogP contribution in [0.25, 0.3) is 5.70 Å². The average Bonchev–Trinajstić information content (AvgIpc) is 3.10. The molecule has 1 aliphatic carbocycles. The zero-order valence-electron chi connectivity index (χ0n) is 23.4. The Bertz CT molecular complexity index is 1400. The quantitative estimate of drug-likeness (QED) is 0.342. The lowest BCUT2D eigenvalue weighted by atomic mass is 10.1. The van der Waals surface area contributed by atoms with Gasteiger partial charge in [0.25, 0.3) is 5.91 Å². The lowest BCUT2D eigenvalue weighted by Gasteiger charge is -2.34. The summed E-state index contributed by atoms with van der Waals surface area (Å²) >= 11 is 0. The number of hydrogen-bond acceptors (Lipinski definition) is 8. The monoisotopic (exact) mass is 572 g/mol. The number of alkyl halides is 3. The van der Waals surface area contributed by atoms with Crippen molar-refractivity contribution >= 4 is 23.0 Å². The molecular weight excluding hydrogens is 537 g/mol. The first-order chi connectivity index (χ1) is 19.3. The van der Waals surface area contributed by atoms with Crippen LogP contribution in [0.1, 0.15) is 16.8 Å². The van der Waals surface area contributed by atoms with Crippen LogP contribution >= 0.6 is 0 Å². The second-order valence-electron chi connectivity index (χ2n) is 10.1. The molecule has 13 heteroatoms. The summed E-state index contributed by atoms with van der Waals surface area (Å²) in [4.78, 5) is 17.6. The molecule has 1 saturated heterocycles. The largest absolute Gasteiger partial charge is 0.523 e. The number of benzene rings is 1. The molecule has 1 amide bonds. The van der Waals surface area contributed by atoms with Gasteiger partial charge in [0.1, 0.15) is 6.10 Å². The molecular formula is C28H35F3N8O2. The van der Waals surface area contributed by atoms with Crippen LogP contribution in [0.2, 0.25) is 0 Å². The Morgan fingerprint density at radius 1 is 1.20 bits per heavy atom. The summed E-state index contributed by atoms with van der Waals surface area (Å²) in [6.07, 6.45) is 2.48. The van der Waals surface area contributed by atoms with Crippen molar-refractivity contribution in [2.24, 2.45) is 18.6 Å². The number of halogens is 3. The maximum atomic E-state index is 13.4. The fourth-order valence-corrected chi connectivity index (χ4v) is 4.55. The maximum Gasteiger partial charge on any atom is 0.523 e. The minimum absolute atomic E-state index is 0.0427. The molecule has 4 rings (SSSR count). The minimum atomic E-state index is -4.87. The highest BCUT2D eigenvalue weighted by Gasteiger charge is 2.33. The first kappa shape index (κ1) is 29.9. The van der Waals surface area contributed by atoms with Gasteiger partial charge in [-0.15, -0.1) is 13.2 Å². The number of likely N-dealkylation sites (N-methyl/N-ethyl adjacent to an activating group) is 1. The third-order valence-electron chi connectivity index (χ3n) is 7.07. The molecule has 10 nitrogen and oxygen atoms in total. The van der Waals surface area contributed by atoms with Crippen LogP contribution in [0.4, 0.5) is 24.5 Å². The standard InChI is InChI=1S/C28H35F3N8O2/c1-18-5-6-21(15-26(18)39(33)17-25(32)24-16-34-37(4)19(24)2)35-27(40)20-13-22(38-11-9-36(3)10-12-38)7-8-23(14-20)41-28(29,30)31/h5-8,13-17,23H,9-12,32-33H2,1-4H3,(H,35,40)/b25-17-. The molecule has 2 heterocycles. The Morgan fingerprint density at radius 2 is 1.90 bits per heavy atom. The average molecular weight is 573 g/mol. The highest BCUT2D eigenvalue weighted by molar-refractivity contribution is 6.06. The summed E-state index contributed by atoms with van der Waals surface area (Å²) in [5, 5.41) is 8.32. The third kappa shape index (κ3) is 7.57. The number of carbonyl (C=O) groups excluding carboxylic acids is 1. The number of hydrazine groups is 1. The van der Waals surface area contributed by atoms with E-state index in [0.717, 1.165) is 36.0 Å². The van der Waals surface area contributed by atoms with Gasteiger partial charge in [-0.2, -0.15) is 5.10 Å². The van der Waals surface area contributed by atoms with Gasteiger partial charge < -0.3 is 20.9 Å². The van der Waals surface area contributed by atoms with Crippen LogP contribution in [0.15, 0.2) is 66.2 Å². The van der Waals surface area contributed by atoms with Crippen molar-refractivity contribution in [1.29, 1.82) is 0 Å². The molecule has 1 aliphatic heterocycles. The molecule has 1 aromatic heterocycles. The van der Waals surface area contributed by atoms with Gasteiger partial charge >= 0.3 is 6.36 Å². The van der Waals surface area contributed by atoms with Crippen LogP contribution in [0.3, 0.4) is 0 Å². The number of anilines is 2. The van der Waals surface area contributed by atoms with Crippen LogP contribution in [0, 0.1) is 13.8 Å². The lowest BCUT2D eigenvalue weighted by Crippen LogP contribution is -2.43. The van der Waals surface area contributed by atoms with E-state index in [-0.39, 0.29) is 5.57 Å². The summed E-state index contributed by atoms with van der Waals surface area (Å²) < 4.78 is 45.1. The predicted octanol–water partition coefficient (Wildman–Crippen LogP) is 3.15. The van der Waals surface area contributed by atoms with Gasteiger partial charge in [0, 0.05) is 67.6 Å². The molecule has 0 saturated carbocycles. The van der Waals surface area contributed by atoms with Crippen LogP contribution in [-0.4, -0.2) is 71.2 Å². The first-order valence-electron chi connectivity index (χ1n) is 13.0. The summed E-state index contributed by atoms with van der Waals surface area (Å²) in [5.41, 5.74) is 10.7. The highest BCUT2D eigenvalue weighted by Crippen LogP contribution is 2.27. The van der Waals surface area contributed by atoms with E-state index in [2.05, 4.69) is 20.1 Å². The number of hydrogen-bond donors (Lipinski definition) is 3. The number of piperazine rings is 1. The van der Waals surface area contributed by atoms with Crippen molar-refractivity contribution < 1.29 is 22.7 Å². The Balaban J connectivity index is 1.58. The summed E-state index contributed by atoms with van der Waals surface area (Å²) in [6.45, 7) is 6.67. The Morgan fingerprint density at radius 3 is 2.54 bits per heavy atom. The van der Waals surface area contributed by atoms with Gasteiger partial charge in [-0.3, -0.25) is 19.2 Å². The van der Waals surface area contributed by atoms with E-state index in [9.17, 15) is 18.0 Å². The van der Waals surface area contributed by atoms with E-state index < -0.39 is 18.4 Å². The minimum Gasteiger partial charge on any atom is -0.397 e. The van der Waals surface area contributed by atoms with E-state index in [4.69, 9.17) is 11.6 Å². The predicted molar refractivity (Wildman–Crippen MR) is 152 cm³/mol. The molecule has 41 heavy (non-hydrogen) atoms. The molecule has 0 bridgehead atoms. The van der Waals surface area contributed by atoms with E-state index in [1.165, 1.54) is 11.1 Å². The van der Waals surface area contributed by atoms with Gasteiger partial charge in [-0.05, 0) is 62.9 Å². The van der Waals surface area contributed by atoms with Crippen molar-refractivity contribution in [3.8, 4) is 0 Å². The van der Waals surface area contributed by atoms with Crippen LogP contribution in [0.5, 0.6) is 0 Å². The Hall–Kier alpha value is -4.07. The number of rotatable bonds is 7.